The van der Waals surface area contributed by atoms with Crippen molar-refractivity contribution in [3.8, 4) is 0 Å². The largest absolute Gasteiger partial charge is 0.453 e. The molecule has 0 bridgehead atoms. The molecule has 7 nitrogen and oxygen atoms in total. The van der Waals surface area contributed by atoms with Crippen molar-refractivity contribution in [3.63, 3.8) is 0 Å². The topological polar surface area (TPSA) is 96.0 Å². The van der Waals surface area contributed by atoms with Crippen LogP contribution in [0.3, 0.4) is 0 Å². The second kappa shape index (κ2) is 10.3. The first-order valence-electron chi connectivity index (χ1n) is 9.59. The van der Waals surface area contributed by atoms with Crippen molar-refractivity contribution in [2.75, 3.05) is 0 Å². The van der Waals surface area contributed by atoms with Crippen molar-refractivity contribution < 1.29 is 33.4 Å². The van der Waals surface area contributed by atoms with Crippen LogP contribution in [0.2, 0.25) is 0 Å². The van der Waals surface area contributed by atoms with Gasteiger partial charge in [-0.1, -0.05) is 32.0 Å². The number of rotatable bonds is 10. The normalized spacial score (nSPS) is 14.6. The highest BCUT2D eigenvalue weighted by molar-refractivity contribution is 5.95. The van der Waals surface area contributed by atoms with Gasteiger partial charge in [-0.25, -0.2) is 9.59 Å². The van der Waals surface area contributed by atoms with Crippen molar-refractivity contribution in [1.82, 2.24) is 0 Å². The molecule has 0 amide bonds. The van der Waals surface area contributed by atoms with Gasteiger partial charge in [0.1, 0.15) is 5.60 Å². The summed E-state index contributed by atoms with van der Waals surface area (Å²) in [6.07, 6.45) is -3.08. The van der Waals surface area contributed by atoms with Crippen molar-refractivity contribution >= 4 is 23.5 Å². The van der Waals surface area contributed by atoms with Crippen LogP contribution in [0.1, 0.15) is 58.8 Å². The zero-order valence-electron chi connectivity index (χ0n) is 18.1. The third-order valence-electron chi connectivity index (χ3n) is 4.32. The second-order valence-electron chi connectivity index (χ2n) is 7.68. The lowest BCUT2D eigenvalue weighted by Gasteiger charge is -2.29. The Morgan fingerprint density at radius 1 is 0.793 bits per heavy atom. The standard InChI is InChI=1S/C22H30O7/c1-13(2)18(23)14(3)27-20(25)16(5)29-22(6,7)19(24)15(4)28-21(26)17-11-9-8-10-12-17/h8-16H,1-7H3. The van der Waals surface area contributed by atoms with Crippen molar-refractivity contribution in [1.29, 1.82) is 0 Å². The van der Waals surface area contributed by atoms with Gasteiger partial charge in [-0.15, -0.1) is 0 Å². The molecule has 0 fully saturated rings. The third kappa shape index (κ3) is 7.09. The first-order valence-corrected chi connectivity index (χ1v) is 9.59. The fourth-order valence-electron chi connectivity index (χ4n) is 2.69. The predicted molar refractivity (Wildman–Crippen MR) is 106 cm³/mol. The maximum absolute atomic E-state index is 12.7. The van der Waals surface area contributed by atoms with Gasteiger partial charge in [-0.2, -0.15) is 0 Å². The number of ether oxygens (including phenoxy) is 3. The number of carbonyl (C=O) groups excluding carboxylic acids is 4. The van der Waals surface area contributed by atoms with E-state index in [2.05, 4.69) is 0 Å². The summed E-state index contributed by atoms with van der Waals surface area (Å²) in [4.78, 5) is 48.9. The van der Waals surface area contributed by atoms with Gasteiger partial charge >= 0.3 is 11.9 Å². The van der Waals surface area contributed by atoms with E-state index >= 15 is 0 Å². The quantitative estimate of drug-likeness (QED) is 0.551. The lowest BCUT2D eigenvalue weighted by Crippen LogP contribution is -2.47. The van der Waals surface area contributed by atoms with Crippen LogP contribution in [0.15, 0.2) is 30.3 Å². The molecule has 0 aliphatic rings. The Hall–Kier alpha value is -2.54. The average molecular weight is 406 g/mol. The number of carbonyl (C=O) groups is 4. The van der Waals surface area contributed by atoms with Crippen LogP contribution in [0.25, 0.3) is 0 Å². The van der Waals surface area contributed by atoms with Gasteiger partial charge in [-0.3, -0.25) is 9.59 Å². The molecular formula is C22H30O7. The Morgan fingerprint density at radius 3 is 1.86 bits per heavy atom. The van der Waals surface area contributed by atoms with Gasteiger partial charge in [-0.05, 0) is 46.8 Å². The number of hydrogen-bond donors (Lipinski definition) is 0. The molecule has 3 atom stereocenters. The van der Waals surface area contributed by atoms with E-state index in [-0.39, 0.29) is 11.7 Å². The fraction of sp³-hybridized carbons (Fsp3) is 0.545. The molecule has 7 heteroatoms. The lowest BCUT2D eigenvalue weighted by atomic mass is 9.99. The van der Waals surface area contributed by atoms with E-state index in [1.807, 2.05) is 0 Å². The van der Waals surface area contributed by atoms with Crippen molar-refractivity contribution in [3.05, 3.63) is 35.9 Å². The molecule has 3 unspecified atom stereocenters. The number of benzene rings is 1. The number of esters is 2. The lowest BCUT2D eigenvalue weighted by molar-refractivity contribution is -0.177. The molecule has 1 rings (SSSR count). The zero-order valence-corrected chi connectivity index (χ0v) is 18.1. The Balaban J connectivity index is 2.69. The van der Waals surface area contributed by atoms with Crippen LogP contribution < -0.4 is 0 Å². The van der Waals surface area contributed by atoms with Gasteiger partial charge in [0.25, 0.3) is 0 Å². The smallest absolute Gasteiger partial charge is 0.338 e. The molecule has 0 saturated carbocycles. The maximum Gasteiger partial charge on any atom is 0.338 e. The fourth-order valence-corrected chi connectivity index (χ4v) is 2.69. The first-order chi connectivity index (χ1) is 13.4. The molecule has 0 spiro atoms. The minimum absolute atomic E-state index is 0.206. The summed E-state index contributed by atoms with van der Waals surface area (Å²) in [5.41, 5.74) is -1.09. The number of Topliss-reactive ketones (excluding diaryl/α,β-unsaturated/α-hetero) is 2. The molecule has 1 aromatic carbocycles. The SMILES string of the molecule is CC(C)C(=O)C(C)OC(=O)C(C)OC(C)(C)C(=O)C(C)OC(=O)c1ccccc1. The van der Waals surface area contributed by atoms with Crippen molar-refractivity contribution in [2.45, 2.75) is 72.4 Å². The van der Waals surface area contributed by atoms with Crippen LogP contribution in [0.5, 0.6) is 0 Å². The molecule has 160 valence electrons. The summed E-state index contributed by atoms with van der Waals surface area (Å²) in [6, 6.07) is 8.30. The summed E-state index contributed by atoms with van der Waals surface area (Å²) in [5, 5.41) is 0. The van der Waals surface area contributed by atoms with Gasteiger partial charge in [0, 0.05) is 5.92 Å². The highest BCUT2D eigenvalue weighted by atomic mass is 16.6. The van der Waals surface area contributed by atoms with Crippen LogP contribution >= 0.6 is 0 Å². The van der Waals surface area contributed by atoms with E-state index in [9.17, 15) is 19.2 Å². The van der Waals surface area contributed by atoms with Gasteiger partial charge in [0.15, 0.2) is 24.1 Å². The number of hydrogen-bond acceptors (Lipinski definition) is 7. The van der Waals surface area contributed by atoms with Gasteiger partial charge in [0.05, 0.1) is 5.56 Å². The minimum Gasteiger partial charge on any atom is -0.453 e. The Labute approximate surface area is 171 Å². The molecule has 0 heterocycles. The second-order valence-corrected chi connectivity index (χ2v) is 7.68. The summed E-state index contributed by atoms with van der Waals surface area (Å²) in [5.74, 6) is -2.36. The molecule has 29 heavy (non-hydrogen) atoms. The summed E-state index contributed by atoms with van der Waals surface area (Å²) < 4.78 is 15.9. The van der Waals surface area contributed by atoms with Gasteiger partial charge < -0.3 is 14.2 Å². The summed E-state index contributed by atoms with van der Waals surface area (Å²) in [7, 11) is 0. The third-order valence-corrected chi connectivity index (χ3v) is 4.32. The molecule has 0 N–H and O–H groups in total. The van der Waals surface area contributed by atoms with E-state index in [0.29, 0.717) is 5.56 Å². The van der Waals surface area contributed by atoms with Crippen LogP contribution in [0, 0.1) is 5.92 Å². The first kappa shape index (κ1) is 24.5. The molecule has 0 aliphatic heterocycles. The van der Waals surface area contributed by atoms with Crippen LogP contribution in [-0.2, 0) is 28.6 Å². The zero-order chi connectivity index (χ0) is 22.4. The van der Waals surface area contributed by atoms with Crippen molar-refractivity contribution in [2.24, 2.45) is 5.92 Å². The maximum atomic E-state index is 12.7. The molecular weight excluding hydrogens is 376 g/mol. The molecule has 0 radical (unpaired) electrons. The molecule has 0 aromatic heterocycles. The molecule has 0 saturated heterocycles. The van der Waals surface area contributed by atoms with E-state index < -0.39 is 41.6 Å². The number of ketones is 2. The Kier molecular flexibility index (Phi) is 8.70. The summed E-state index contributed by atoms with van der Waals surface area (Å²) in [6.45, 7) is 10.8. The highest BCUT2D eigenvalue weighted by Crippen LogP contribution is 2.19. The Bertz CT molecular complexity index is 737. The molecule has 1 aromatic rings. The van der Waals surface area contributed by atoms with E-state index in [0.717, 1.165) is 0 Å². The van der Waals surface area contributed by atoms with E-state index in [1.54, 1.807) is 44.2 Å². The average Bonchev–Trinajstić information content (AvgIpc) is 2.66. The van der Waals surface area contributed by atoms with E-state index in [1.165, 1.54) is 34.6 Å². The monoisotopic (exact) mass is 406 g/mol. The highest BCUT2D eigenvalue weighted by Gasteiger charge is 2.38. The van der Waals surface area contributed by atoms with Crippen LogP contribution in [-0.4, -0.2) is 47.4 Å². The Morgan fingerprint density at radius 2 is 1.34 bits per heavy atom. The molecule has 0 aliphatic carbocycles. The van der Waals surface area contributed by atoms with Gasteiger partial charge in [0.2, 0.25) is 5.78 Å². The predicted octanol–water partition coefficient (Wildman–Crippen LogP) is 3.14. The minimum atomic E-state index is -1.42. The summed E-state index contributed by atoms with van der Waals surface area (Å²) >= 11 is 0. The van der Waals surface area contributed by atoms with Crippen LogP contribution in [0.4, 0.5) is 0 Å². The van der Waals surface area contributed by atoms with E-state index in [4.69, 9.17) is 14.2 Å².